The Hall–Kier alpha value is -2.85. The molecule has 1 fully saturated rings. The van der Waals surface area contributed by atoms with Gasteiger partial charge in [0, 0.05) is 42.9 Å². The van der Waals surface area contributed by atoms with Crippen LogP contribution in [0.1, 0.15) is 5.56 Å². The van der Waals surface area contributed by atoms with Crippen LogP contribution in [-0.2, 0) is 21.3 Å². The minimum Gasteiger partial charge on any atom is -0.379 e. The predicted molar refractivity (Wildman–Crippen MR) is 153 cm³/mol. The third kappa shape index (κ3) is 6.07. The molecule has 0 saturated carbocycles. The minimum atomic E-state index is -3.90. The average Bonchev–Trinajstić information content (AvgIpc) is 3.20. The van der Waals surface area contributed by atoms with E-state index in [0.717, 1.165) is 60.2 Å². The average molecular weight is 652 g/mol. The topological polar surface area (TPSA) is 127 Å². The van der Waals surface area contributed by atoms with Crippen LogP contribution in [0, 0.1) is 16.4 Å². The van der Waals surface area contributed by atoms with E-state index in [1.807, 2.05) is 18.2 Å². The molecule has 4 aromatic rings. The molecule has 0 radical (unpaired) electrons. The van der Waals surface area contributed by atoms with Crippen molar-refractivity contribution in [3.63, 3.8) is 0 Å². The van der Waals surface area contributed by atoms with E-state index >= 15 is 0 Å². The molecule has 1 saturated heterocycles. The lowest BCUT2D eigenvalue weighted by Gasteiger charge is -2.26. The third-order valence-electron chi connectivity index (χ3n) is 6.35. The standard InChI is InChI=1S/C25H27FIN7O3S/c1-16-2-4-19(14-22(16)38(28,35)36)31-25-29-15-20(26)24(32-25)30-18-5-3-17-12-23(27)34(21(17)13-18)7-6-33-8-10-37-11-9-33/h2-5,12-15H,6-11H2,1H3,(H2,28,35,36)(H2,29,30,31,32). The molecule has 0 atom stereocenters. The molecule has 2 aromatic heterocycles. The van der Waals surface area contributed by atoms with E-state index in [0.29, 0.717) is 16.9 Å². The van der Waals surface area contributed by atoms with Crippen molar-refractivity contribution in [3.8, 4) is 0 Å². The summed E-state index contributed by atoms with van der Waals surface area (Å²) in [4.78, 5) is 10.6. The fourth-order valence-electron chi connectivity index (χ4n) is 4.36. The number of nitrogens with one attached hydrogen (secondary N) is 2. The van der Waals surface area contributed by atoms with E-state index in [9.17, 15) is 12.8 Å². The first-order valence-electron chi connectivity index (χ1n) is 12.0. The van der Waals surface area contributed by atoms with Crippen LogP contribution in [0.25, 0.3) is 10.9 Å². The van der Waals surface area contributed by atoms with Crippen molar-refractivity contribution < 1.29 is 17.5 Å². The van der Waals surface area contributed by atoms with Crippen LogP contribution in [0.4, 0.5) is 27.5 Å². The lowest BCUT2D eigenvalue weighted by molar-refractivity contribution is 0.0364. The number of ether oxygens (including phenoxy) is 1. The third-order valence-corrected chi connectivity index (χ3v) is 8.30. The Balaban J connectivity index is 1.36. The van der Waals surface area contributed by atoms with Gasteiger partial charge >= 0.3 is 0 Å². The van der Waals surface area contributed by atoms with E-state index in [4.69, 9.17) is 9.88 Å². The van der Waals surface area contributed by atoms with Gasteiger partial charge < -0.3 is 19.9 Å². The maximum atomic E-state index is 14.7. The van der Waals surface area contributed by atoms with Crippen LogP contribution in [0.5, 0.6) is 0 Å². The van der Waals surface area contributed by atoms with Crippen LogP contribution in [0.3, 0.4) is 0 Å². The second kappa shape index (κ2) is 11.1. The molecule has 5 rings (SSSR count). The zero-order valence-corrected chi connectivity index (χ0v) is 23.6. The summed E-state index contributed by atoms with van der Waals surface area (Å²) >= 11 is 2.34. The molecule has 1 aliphatic heterocycles. The number of fused-ring (bicyclic) bond motifs is 1. The number of morpholine rings is 1. The summed E-state index contributed by atoms with van der Waals surface area (Å²) in [6.07, 6.45) is 1.05. The fraction of sp³-hybridized carbons (Fsp3) is 0.280. The van der Waals surface area contributed by atoms with Crippen LogP contribution in [0.2, 0.25) is 0 Å². The smallest absolute Gasteiger partial charge is 0.238 e. The molecule has 38 heavy (non-hydrogen) atoms. The van der Waals surface area contributed by atoms with Crippen molar-refractivity contribution in [2.75, 3.05) is 43.5 Å². The van der Waals surface area contributed by atoms with Crippen molar-refractivity contribution in [2.24, 2.45) is 5.14 Å². The maximum absolute atomic E-state index is 14.7. The zero-order chi connectivity index (χ0) is 26.9. The normalized spacial score (nSPS) is 14.6. The van der Waals surface area contributed by atoms with Crippen molar-refractivity contribution >= 4 is 66.7 Å². The molecule has 4 N–H and O–H groups in total. The minimum absolute atomic E-state index is 0.0116. The van der Waals surface area contributed by atoms with E-state index in [1.54, 1.807) is 19.1 Å². The highest BCUT2D eigenvalue weighted by atomic mass is 127. The van der Waals surface area contributed by atoms with Gasteiger partial charge in [-0.3, -0.25) is 4.90 Å². The number of nitrogens with zero attached hydrogens (tertiary/aromatic N) is 4. The summed E-state index contributed by atoms with van der Waals surface area (Å²) in [5.41, 5.74) is 2.64. The summed E-state index contributed by atoms with van der Waals surface area (Å²) in [5, 5.41) is 12.4. The molecular formula is C25H27FIN7O3S. The largest absolute Gasteiger partial charge is 0.379 e. The molecule has 2 aromatic carbocycles. The van der Waals surface area contributed by atoms with Gasteiger partial charge in [-0.2, -0.15) is 4.98 Å². The Kier molecular flexibility index (Phi) is 7.81. The molecule has 13 heteroatoms. The highest BCUT2D eigenvalue weighted by Gasteiger charge is 2.15. The number of halogens is 2. The molecule has 0 spiro atoms. The summed E-state index contributed by atoms with van der Waals surface area (Å²) in [6.45, 7) is 6.78. The molecule has 0 unspecified atom stereocenters. The summed E-state index contributed by atoms with van der Waals surface area (Å²) in [6, 6.07) is 12.7. The summed E-state index contributed by atoms with van der Waals surface area (Å²) in [5.74, 6) is -0.536. The number of nitrogens with two attached hydrogens (primary N) is 1. The van der Waals surface area contributed by atoms with Gasteiger partial charge in [0.1, 0.15) is 0 Å². The molecule has 3 heterocycles. The van der Waals surface area contributed by atoms with Crippen molar-refractivity contribution in [1.29, 1.82) is 0 Å². The first-order valence-corrected chi connectivity index (χ1v) is 14.6. The molecule has 0 aliphatic carbocycles. The Morgan fingerprint density at radius 2 is 1.82 bits per heavy atom. The second-order valence-corrected chi connectivity index (χ2v) is 11.6. The number of sulfonamides is 1. The van der Waals surface area contributed by atoms with Crippen molar-refractivity contribution in [3.05, 3.63) is 63.7 Å². The number of aryl methyl sites for hydroxylation is 1. The number of hydrogen-bond donors (Lipinski definition) is 3. The second-order valence-electron chi connectivity index (χ2n) is 9.01. The Morgan fingerprint density at radius 3 is 2.58 bits per heavy atom. The number of primary sulfonamides is 1. The lowest BCUT2D eigenvalue weighted by atomic mass is 10.2. The Morgan fingerprint density at radius 1 is 1.08 bits per heavy atom. The van der Waals surface area contributed by atoms with Gasteiger partial charge in [0.2, 0.25) is 16.0 Å². The van der Waals surface area contributed by atoms with Gasteiger partial charge in [-0.1, -0.05) is 12.1 Å². The van der Waals surface area contributed by atoms with E-state index in [-0.39, 0.29) is 16.7 Å². The quantitative estimate of drug-likeness (QED) is 0.245. The molecule has 10 nitrogen and oxygen atoms in total. The van der Waals surface area contributed by atoms with Crippen LogP contribution < -0.4 is 15.8 Å². The highest BCUT2D eigenvalue weighted by molar-refractivity contribution is 14.1. The first-order chi connectivity index (χ1) is 18.2. The predicted octanol–water partition coefficient (Wildman–Crippen LogP) is 3.95. The van der Waals surface area contributed by atoms with Gasteiger partial charge in [-0.25, -0.2) is 22.9 Å². The Labute approximate surface area is 233 Å². The van der Waals surface area contributed by atoms with E-state index in [1.165, 1.54) is 6.07 Å². The van der Waals surface area contributed by atoms with Crippen LogP contribution in [-0.4, -0.2) is 60.7 Å². The SMILES string of the molecule is Cc1ccc(Nc2ncc(F)c(Nc3ccc4cc(I)n(CCN5CCOCC5)c4c3)n2)cc1S(N)(=O)=O. The van der Waals surface area contributed by atoms with Crippen molar-refractivity contribution in [2.45, 2.75) is 18.4 Å². The van der Waals surface area contributed by atoms with Gasteiger partial charge in [0.15, 0.2) is 11.6 Å². The fourth-order valence-corrected chi connectivity index (χ4v) is 6.00. The monoisotopic (exact) mass is 651 g/mol. The van der Waals surface area contributed by atoms with Crippen LogP contribution >= 0.6 is 22.6 Å². The summed E-state index contributed by atoms with van der Waals surface area (Å²) in [7, 11) is -3.90. The van der Waals surface area contributed by atoms with E-state index < -0.39 is 15.8 Å². The summed E-state index contributed by atoms with van der Waals surface area (Å²) < 4.78 is 47.2. The van der Waals surface area contributed by atoms with Crippen LogP contribution in [0.15, 0.2) is 53.6 Å². The van der Waals surface area contributed by atoms with Gasteiger partial charge in [-0.15, -0.1) is 0 Å². The molecule has 1 aliphatic rings. The molecule has 0 amide bonds. The number of anilines is 4. The van der Waals surface area contributed by atoms with Gasteiger partial charge in [-0.05, 0) is 65.4 Å². The number of aromatic nitrogens is 3. The van der Waals surface area contributed by atoms with Gasteiger partial charge in [0.05, 0.1) is 33.5 Å². The zero-order valence-electron chi connectivity index (χ0n) is 20.6. The van der Waals surface area contributed by atoms with Crippen molar-refractivity contribution in [1.82, 2.24) is 19.4 Å². The highest BCUT2D eigenvalue weighted by Crippen LogP contribution is 2.28. The van der Waals surface area contributed by atoms with Gasteiger partial charge in [0.25, 0.3) is 0 Å². The molecule has 200 valence electrons. The number of hydrogen-bond acceptors (Lipinski definition) is 8. The molecule has 0 bridgehead atoms. The maximum Gasteiger partial charge on any atom is 0.238 e. The first kappa shape index (κ1) is 26.7. The lowest BCUT2D eigenvalue weighted by Crippen LogP contribution is -2.38. The Bertz CT molecular complexity index is 1590. The number of rotatable bonds is 8. The van der Waals surface area contributed by atoms with E-state index in [2.05, 4.69) is 58.7 Å². The molecular weight excluding hydrogens is 624 g/mol. The number of benzene rings is 2.